The fraction of sp³-hybridized carbons (Fsp3) is 0.231. The highest BCUT2D eigenvalue weighted by Gasteiger charge is 2.15. The van der Waals surface area contributed by atoms with Gasteiger partial charge in [0.15, 0.2) is 6.61 Å². The minimum atomic E-state index is -0.483. The van der Waals surface area contributed by atoms with Crippen LogP contribution in [0.2, 0.25) is 0 Å². The zero-order valence-corrected chi connectivity index (χ0v) is 20.2. The molecule has 33 heavy (non-hydrogen) atoms. The van der Waals surface area contributed by atoms with Crippen molar-refractivity contribution in [3.05, 3.63) is 82.8 Å². The molecule has 2 amide bonds. The van der Waals surface area contributed by atoms with Crippen LogP contribution < -0.4 is 20.3 Å². The van der Waals surface area contributed by atoms with Crippen LogP contribution in [0.5, 0.6) is 11.5 Å². The van der Waals surface area contributed by atoms with Crippen LogP contribution in [-0.2, 0) is 4.79 Å². The van der Waals surface area contributed by atoms with Gasteiger partial charge < -0.3 is 9.47 Å². The maximum atomic E-state index is 12.7. The molecule has 0 saturated carbocycles. The van der Waals surface area contributed by atoms with Gasteiger partial charge in [0, 0.05) is 10.0 Å². The maximum absolute atomic E-state index is 12.7. The topological polar surface area (TPSA) is 76.7 Å². The Morgan fingerprint density at radius 2 is 1.61 bits per heavy atom. The standard InChI is InChI=1S/C26H27BrN2O4/c1-18(2)14-15-32-24-13-12-20(27)16-22(24)26(31)29-28-25(30)17-33-23-11-7-6-10-21(23)19-8-4-3-5-9-19/h3-13,16,18H,14-15,17H2,1-2H3,(H,28,30)(H,29,31). The number of carbonyl (C=O) groups is 2. The highest BCUT2D eigenvalue weighted by Crippen LogP contribution is 2.29. The molecule has 3 rings (SSSR count). The second-order valence-corrected chi connectivity index (χ2v) is 8.74. The molecule has 0 bridgehead atoms. The third kappa shape index (κ3) is 7.36. The number of hydrazine groups is 1. The summed E-state index contributed by atoms with van der Waals surface area (Å²) in [4.78, 5) is 25.0. The first-order valence-corrected chi connectivity index (χ1v) is 11.5. The molecule has 0 spiro atoms. The molecule has 0 fully saturated rings. The summed E-state index contributed by atoms with van der Waals surface area (Å²) in [5.41, 5.74) is 7.02. The van der Waals surface area contributed by atoms with Gasteiger partial charge >= 0.3 is 0 Å². The van der Waals surface area contributed by atoms with E-state index in [0.29, 0.717) is 29.6 Å². The number of hydrogen-bond donors (Lipinski definition) is 2. The van der Waals surface area contributed by atoms with Gasteiger partial charge in [0.25, 0.3) is 11.8 Å². The number of hydrogen-bond acceptors (Lipinski definition) is 4. The van der Waals surface area contributed by atoms with Gasteiger partial charge in [-0.25, -0.2) is 0 Å². The lowest BCUT2D eigenvalue weighted by Gasteiger charge is -2.14. The maximum Gasteiger partial charge on any atom is 0.276 e. The number of ether oxygens (including phenoxy) is 2. The van der Waals surface area contributed by atoms with Crippen molar-refractivity contribution < 1.29 is 19.1 Å². The fourth-order valence-electron chi connectivity index (χ4n) is 3.03. The van der Waals surface area contributed by atoms with Crippen molar-refractivity contribution in [2.45, 2.75) is 20.3 Å². The van der Waals surface area contributed by atoms with Gasteiger partial charge in [-0.05, 0) is 42.2 Å². The highest BCUT2D eigenvalue weighted by atomic mass is 79.9. The zero-order valence-electron chi connectivity index (χ0n) is 18.6. The van der Waals surface area contributed by atoms with Crippen molar-refractivity contribution in [2.75, 3.05) is 13.2 Å². The van der Waals surface area contributed by atoms with E-state index in [9.17, 15) is 9.59 Å². The Balaban J connectivity index is 1.57. The summed E-state index contributed by atoms with van der Waals surface area (Å²) in [5.74, 6) is 0.568. The molecular formula is C26H27BrN2O4. The molecule has 172 valence electrons. The van der Waals surface area contributed by atoms with Crippen LogP contribution in [0.3, 0.4) is 0 Å². The van der Waals surface area contributed by atoms with Gasteiger partial charge in [0.05, 0.1) is 12.2 Å². The molecule has 0 radical (unpaired) electrons. The van der Waals surface area contributed by atoms with Crippen LogP contribution in [0.15, 0.2) is 77.3 Å². The van der Waals surface area contributed by atoms with Gasteiger partial charge in [-0.15, -0.1) is 0 Å². The monoisotopic (exact) mass is 510 g/mol. The zero-order chi connectivity index (χ0) is 23.6. The summed E-state index contributed by atoms with van der Waals surface area (Å²) in [5, 5.41) is 0. The smallest absolute Gasteiger partial charge is 0.276 e. The third-order valence-corrected chi connectivity index (χ3v) is 5.28. The molecule has 3 aromatic rings. The molecule has 3 aromatic carbocycles. The lowest BCUT2D eigenvalue weighted by atomic mass is 10.1. The van der Waals surface area contributed by atoms with E-state index in [4.69, 9.17) is 9.47 Å². The molecule has 0 aliphatic carbocycles. The second kappa shape index (κ2) is 12.1. The molecule has 0 aromatic heterocycles. The van der Waals surface area contributed by atoms with Crippen LogP contribution in [0.25, 0.3) is 11.1 Å². The summed E-state index contributed by atoms with van der Waals surface area (Å²) in [6.45, 7) is 4.46. The van der Waals surface area contributed by atoms with E-state index in [1.165, 1.54) is 0 Å². The summed E-state index contributed by atoms with van der Waals surface area (Å²) < 4.78 is 12.2. The third-order valence-electron chi connectivity index (χ3n) is 4.79. The van der Waals surface area contributed by atoms with E-state index in [-0.39, 0.29) is 6.61 Å². The van der Waals surface area contributed by atoms with Gasteiger partial charge in [-0.1, -0.05) is 78.3 Å². The highest BCUT2D eigenvalue weighted by molar-refractivity contribution is 9.10. The van der Waals surface area contributed by atoms with E-state index < -0.39 is 11.8 Å². The van der Waals surface area contributed by atoms with Crippen molar-refractivity contribution in [3.8, 4) is 22.6 Å². The molecule has 0 unspecified atom stereocenters. The van der Waals surface area contributed by atoms with E-state index in [1.54, 1.807) is 24.3 Å². The van der Waals surface area contributed by atoms with Gasteiger partial charge in [0.1, 0.15) is 11.5 Å². The number of nitrogens with one attached hydrogen (secondary N) is 2. The first-order valence-electron chi connectivity index (χ1n) is 10.7. The minimum absolute atomic E-state index is 0.250. The van der Waals surface area contributed by atoms with Gasteiger partial charge in [-0.2, -0.15) is 0 Å². The molecule has 0 heterocycles. The average molecular weight is 511 g/mol. The minimum Gasteiger partial charge on any atom is -0.493 e. The average Bonchev–Trinajstić information content (AvgIpc) is 2.82. The predicted octanol–water partition coefficient (Wildman–Crippen LogP) is 5.38. The van der Waals surface area contributed by atoms with Crippen molar-refractivity contribution in [2.24, 2.45) is 5.92 Å². The predicted molar refractivity (Wildman–Crippen MR) is 132 cm³/mol. The molecule has 7 heteroatoms. The Labute approximate surface area is 202 Å². The van der Waals surface area contributed by atoms with Gasteiger partial charge in [0.2, 0.25) is 0 Å². The molecule has 6 nitrogen and oxygen atoms in total. The van der Waals surface area contributed by atoms with Gasteiger partial charge in [-0.3, -0.25) is 20.4 Å². The number of rotatable bonds is 9. The van der Waals surface area contributed by atoms with Crippen molar-refractivity contribution in [1.82, 2.24) is 10.9 Å². The van der Waals surface area contributed by atoms with Crippen molar-refractivity contribution in [3.63, 3.8) is 0 Å². The summed E-state index contributed by atoms with van der Waals surface area (Å²) in [7, 11) is 0. The second-order valence-electron chi connectivity index (χ2n) is 7.82. The first-order chi connectivity index (χ1) is 15.9. The Bertz CT molecular complexity index is 1090. The Hall–Kier alpha value is -3.32. The van der Waals surface area contributed by atoms with Crippen LogP contribution in [-0.4, -0.2) is 25.0 Å². The van der Waals surface area contributed by atoms with E-state index in [2.05, 4.69) is 40.6 Å². The Kier molecular flexibility index (Phi) is 8.89. The number of para-hydroxylation sites is 1. The number of amides is 2. The van der Waals surface area contributed by atoms with E-state index in [1.807, 2.05) is 48.5 Å². The first kappa shape index (κ1) is 24.3. The Morgan fingerprint density at radius 1 is 0.879 bits per heavy atom. The van der Waals surface area contributed by atoms with Crippen LogP contribution >= 0.6 is 15.9 Å². The molecule has 0 aliphatic heterocycles. The van der Waals surface area contributed by atoms with Crippen LogP contribution in [0.1, 0.15) is 30.6 Å². The largest absolute Gasteiger partial charge is 0.493 e. The summed E-state index contributed by atoms with van der Waals surface area (Å²) >= 11 is 3.37. The molecule has 0 atom stereocenters. The molecular weight excluding hydrogens is 484 g/mol. The lowest BCUT2D eigenvalue weighted by Crippen LogP contribution is -2.44. The number of carbonyl (C=O) groups excluding carboxylic acids is 2. The molecule has 2 N–H and O–H groups in total. The van der Waals surface area contributed by atoms with E-state index >= 15 is 0 Å². The quantitative estimate of drug-likeness (QED) is 0.378. The normalized spacial score (nSPS) is 10.5. The van der Waals surface area contributed by atoms with Crippen molar-refractivity contribution >= 4 is 27.7 Å². The molecule has 0 aliphatic rings. The number of halogens is 1. The summed E-state index contributed by atoms with van der Waals surface area (Å²) in [6.07, 6.45) is 0.871. The summed E-state index contributed by atoms with van der Waals surface area (Å²) in [6, 6.07) is 22.4. The number of benzene rings is 3. The van der Waals surface area contributed by atoms with Crippen LogP contribution in [0, 0.1) is 5.92 Å². The SMILES string of the molecule is CC(C)CCOc1ccc(Br)cc1C(=O)NNC(=O)COc1ccccc1-c1ccccc1. The molecule has 0 saturated heterocycles. The Morgan fingerprint density at radius 3 is 2.36 bits per heavy atom. The van der Waals surface area contributed by atoms with Crippen LogP contribution in [0.4, 0.5) is 0 Å². The van der Waals surface area contributed by atoms with E-state index in [0.717, 1.165) is 22.0 Å². The lowest BCUT2D eigenvalue weighted by molar-refractivity contribution is -0.123. The van der Waals surface area contributed by atoms with Crippen molar-refractivity contribution in [1.29, 1.82) is 0 Å². The fourth-order valence-corrected chi connectivity index (χ4v) is 3.39.